The molecule has 0 aromatic heterocycles. The Labute approximate surface area is 329 Å². The van der Waals surface area contributed by atoms with Crippen LogP contribution in [0.1, 0.15) is 103 Å². The van der Waals surface area contributed by atoms with Gasteiger partial charge in [-0.25, -0.2) is 0 Å². The van der Waals surface area contributed by atoms with E-state index in [0.29, 0.717) is 38.6 Å². The van der Waals surface area contributed by atoms with Gasteiger partial charge in [0, 0.05) is 34.1 Å². The summed E-state index contributed by atoms with van der Waals surface area (Å²) in [5, 5.41) is 73.4. The molecule has 0 aromatic rings. The Kier molecular flexibility index (Phi) is 24.4. The minimum Gasteiger partial charge on any atom is -0.863 e. The molecule has 6 aliphatic heterocycles. The van der Waals surface area contributed by atoms with E-state index in [0.717, 1.165) is 90.3 Å². The Bertz CT molecular complexity index is 1110. The molecule has 0 aliphatic carbocycles. The molecule has 6 rings (SSSR count). The fraction of sp³-hybridized carbons (Fsp3) is 0.824. The van der Waals surface area contributed by atoms with Gasteiger partial charge in [0.1, 0.15) is 0 Å². The standard InChI is InChI=1S/C17H29N5O2.C17H27N5O2.2Cu.2H2O/c2*23-16(21-14-8-1-3-10-18-14)12-6-5-7-13(20-12)17(24)22-15-9-2-4-11-19-15;;;;/h12-15,18H,1-11H2,(H,21,23)(H,22,24);1,3,12-15,19H,2,4-11H2,(H,21,23)(H,22,24);;;2*1H2/q2*-2;;;;/p-2. The molecule has 0 spiro atoms. The Hall–Kier alpha value is -1.66. The van der Waals surface area contributed by atoms with Gasteiger partial charge in [-0.15, -0.1) is 43.3 Å². The van der Waals surface area contributed by atoms with E-state index in [9.17, 15) is 20.4 Å². The maximum atomic E-state index is 12.4. The van der Waals surface area contributed by atoms with Gasteiger partial charge in [0.25, 0.3) is 0 Å². The van der Waals surface area contributed by atoms with Crippen LogP contribution in [-0.2, 0) is 45.1 Å². The van der Waals surface area contributed by atoms with Gasteiger partial charge in [0.15, 0.2) is 0 Å². The number of hydrogen-bond acceptors (Lipinski definition) is 10. The molecule has 6 aliphatic rings. The van der Waals surface area contributed by atoms with Crippen molar-refractivity contribution in [2.75, 3.05) is 26.2 Å². The molecule has 8 N–H and O–H groups in total. The molecule has 18 heteroatoms. The van der Waals surface area contributed by atoms with Crippen LogP contribution in [0.15, 0.2) is 32.1 Å². The first-order chi connectivity index (χ1) is 23.4. The molecule has 0 saturated carbocycles. The molecule has 308 valence electrons. The first kappa shape index (κ1) is 48.4. The average molecular weight is 830 g/mol. The fourth-order valence-corrected chi connectivity index (χ4v) is 6.84. The molecular weight excluding hydrogens is 772 g/mol. The van der Waals surface area contributed by atoms with Crippen molar-refractivity contribution in [3.63, 3.8) is 0 Å². The molecular formula is C34H58Cu2N10O6-6. The SMILES string of the molecule is [Cu].[Cu].[O-]/C(=N\C1CC=CC[N-]1)C1CCCC(/C([O-])=N/C2CCCCN2)[N-]1.[O-]/C(=N\C1CCCC[N-]1)C1CCCC(/C([O-])=N/C2CCCCN2)[N-]1.[OH3+].[OH3+]. The van der Waals surface area contributed by atoms with E-state index < -0.39 is 24.2 Å². The Morgan fingerprint density at radius 2 is 0.962 bits per heavy atom. The van der Waals surface area contributed by atoms with E-state index in [1.807, 2.05) is 12.2 Å². The number of piperidine rings is 5. The molecule has 8 unspecified atom stereocenters. The van der Waals surface area contributed by atoms with Crippen molar-refractivity contribution in [3.05, 3.63) is 33.4 Å². The second-order valence-corrected chi connectivity index (χ2v) is 13.5. The monoisotopic (exact) mass is 828 g/mol. The molecule has 0 aromatic carbocycles. The zero-order valence-corrected chi connectivity index (χ0v) is 31.8. The van der Waals surface area contributed by atoms with Gasteiger partial charge < -0.3 is 62.6 Å². The second-order valence-electron chi connectivity index (χ2n) is 13.5. The molecule has 52 heavy (non-hydrogen) atoms. The summed E-state index contributed by atoms with van der Waals surface area (Å²) in [5.41, 5.74) is 0. The Morgan fingerprint density at radius 1 is 0.500 bits per heavy atom. The maximum absolute atomic E-state index is 12.4. The summed E-state index contributed by atoms with van der Waals surface area (Å²) in [7, 11) is 0. The van der Waals surface area contributed by atoms with Crippen LogP contribution in [-0.4, -0.2) is 98.6 Å². The molecule has 8 atom stereocenters. The summed E-state index contributed by atoms with van der Waals surface area (Å²) in [6.45, 7) is 3.21. The van der Waals surface area contributed by atoms with Crippen molar-refractivity contribution in [1.82, 2.24) is 10.6 Å². The molecule has 6 heterocycles. The molecule has 0 amide bonds. The molecule has 5 fully saturated rings. The number of nitrogens with one attached hydrogen (secondary N) is 2. The largest absolute Gasteiger partial charge is 0.863 e. The van der Waals surface area contributed by atoms with Crippen LogP contribution in [0.3, 0.4) is 0 Å². The smallest absolute Gasteiger partial charge is 0.0982 e. The normalized spacial score (nSPS) is 33.4. The predicted octanol–water partition coefficient (Wildman–Crippen LogP) is -0.509. The zero-order valence-electron chi connectivity index (χ0n) is 29.9. The van der Waals surface area contributed by atoms with Crippen molar-refractivity contribution in [2.24, 2.45) is 20.0 Å². The van der Waals surface area contributed by atoms with Gasteiger partial charge in [0.05, 0.1) is 12.3 Å². The van der Waals surface area contributed by atoms with Crippen LogP contribution in [0.25, 0.3) is 21.3 Å². The van der Waals surface area contributed by atoms with E-state index in [1.54, 1.807) is 0 Å². The van der Waals surface area contributed by atoms with Crippen molar-refractivity contribution in [3.8, 4) is 0 Å². The van der Waals surface area contributed by atoms with Crippen LogP contribution in [0.2, 0.25) is 0 Å². The topological polar surface area (TPSA) is 288 Å². The first-order valence-electron chi connectivity index (χ1n) is 18.3. The van der Waals surface area contributed by atoms with Crippen LogP contribution in [0, 0.1) is 0 Å². The van der Waals surface area contributed by atoms with Gasteiger partial charge in [-0.1, -0.05) is 87.5 Å². The molecule has 5 saturated heterocycles. The number of hydrogen-bond donors (Lipinski definition) is 2. The third kappa shape index (κ3) is 16.0. The number of nitrogens with zero attached hydrogens (tertiary/aromatic N) is 8. The summed E-state index contributed by atoms with van der Waals surface area (Å²) in [6, 6.07) is -1.97. The van der Waals surface area contributed by atoms with Gasteiger partial charge in [-0.3, -0.25) is 20.6 Å². The van der Waals surface area contributed by atoms with E-state index >= 15 is 0 Å². The molecule has 0 bridgehead atoms. The summed E-state index contributed by atoms with van der Waals surface area (Å²) in [4.78, 5) is 16.9. The van der Waals surface area contributed by atoms with Crippen molar-refractivity contribution in [1.29, 1.82) is 0 Å². The minimum absolute atomic E-state index is 0. The third-order valence-electron chi connectivity index (χ3n) is 9.60. The summed E-state index contributed by atoms with van der Waals surface area (Å²) in [5.74, 6) is -0.835. The van der Waals surface area contributed by atoms with Crippen LogP contribution >= 0.6 is 0 Å². The van der Waals surface area contributed by atoms with E-state index in [2.05, 4.69) is 51.9 Å². The Balaban J connectivity index is 0.000000483. The van der Waals surface area contributed by atoms with Gasteiger partial charge in [-0.05, 0) is 70.4 Å². The van der Waals surface area contributed by atoms with Gasteiger partial charge in [-0.2, -0.15) is 0 Å². The van der Waals surface area contributed by atoms with E-state index in [-0.39, 0.29) is 93.3 Å². The van der Waals surface area contributed by atoms with E-state index in [4.69, 9.17) is 0 Å². The number of aliphatic imine (C=N–C) groups is 4. The van der Waals surface area contributed by atoms with Crippen LogP contribution in [0.4, 0.5) is 0 Å². The van der Waals surface area contributed by atoms with Crippen LogP contribution < -0.4 is 31.1 Å². The Morgan fingerprint density at radius 3 is 1.37 bits per heavy atom. The van der Waals surface area contributed by atoms with Crippen LogP contribution in [0.5, 0.6) is 0 Å². The first-order valence-corrected chi connectivity index (χ1v) is 18.3. The van der Waals surface area contributed by atoms with Gasteiger partial charge in [0.2, 0.25) is 0 Å². The average Bonchev–Trinajstić information content (AvgIpc) is 3.13. The van der Waals surface area contributed by atoms with E-state index in [1.165, 1.54) is 0 Å². The summed E-state index contributed by atoms with van der Waals surface area (Å²) >= 11 is 0. The quantitative estimate of drug-likeness (QED) is 0.107. The second kappa shape index (κ2) is 26.2. The fourth-order valence-electron chi connectivity index (χ4n) is 6.84. The molecule has 16 nitrogen and oxygen atoms in total. The van der Waals surface area contributed by atoms with Crippen molar-refractivity contribution >= 4 is 23.6 Å². The molecule has 2 radical (unpaired) electrons. The summed E-state index contributed by atoms with van der Waals surface area (Å²) in [6.07, 6.45) is 17.6. The summed E-state index contributed by atoms with van der Waals surface area (Å²) < 4.78 is 0. The zero-order chi connectivity index (χ0) is 33.6. The number of rotatable bonds is 8. The van der Waals surface area contributed by atoms with Crippen molar-refractivity contribution in [2.45, 2.75) is 152 Å². The van der Waals surface area contributed by atoms with Crippen molar-refractivity contribution < 1.29 is 65.5 Å². The minimum atomic E-state index is -0.511. The van der Waals surface area contributed by atoms with Gasteiger partial charge >= 0.3 is 0 Å². The maximum Gasteiger partial charge on any atom is 0.0982 e. The predicted molar refractivity (Wildman–Crippen MR) is 192 cm³/mol. The third-order valence-corrected chi connectivity index (χ3v) is 9.60.